The molecule has 3 heteroatoms. The third-order valence-corrected chi connectivity index (χ3v) is 3.60. The van der Waals surface area contributed by atoms with E-state index in [0.29, 0.717) is 18.2 Å². The number of ether oxygens (including phenoxy) is 1. The lowest BCUT2D eigenvalue weighted by Crippen LogP contribution is -2.52. The number of rotatable bonds is 6. The molecule has 16 heavy (non-hydrogen) atoms. The Labute approximate surface area is 101 Å². The van der Waals surface area contributed by atoms with Crippen LogP contribution in [0.3, 0.4) is 0 Å². The summed E-state index contributed by atoms with van der Waals surface area (Å²) in [5, 5.41) is 3.22. The molecule has 0 saturated carbocycles. The monoisotopic (exact) mass is 228 g/mol. The molecule has 0 aromatic heterocycles. The molecule has 1 aliphatic rings. The maximum absolute atomic E-state index is 5.73. The van der Waals surface area contributed by atoms with E-state index >= 15 is 0 Å². The Bertz CT molecular complexity index is 187. The van der Waals surface area contributed by atoms with Crippen LogP contribution in [0.5, 0.6) is 0 Å². The van der Waals surface area contributed by atoms with Gasteiger partial charge in [-0.1, -0.05) is 6.92 Å². The van der Waals surface area contributed by atoms with Crippen molar-refractivity contribution in [3.63, 3.8) is 0 Å². The first-order valence-corrected chi connectivity index (χ1v) is 6.71. The largest absolute Gasteiger partial charge is 0.376 e. The maximum atomic E-state index is 5.73. The van der Waals surface area contributed by atoms with Crippen LogP contribution in [0, 0.1) is 0 Å². The molecule has 0 radical (unpaired) electrons. The van der Waals surface area contributed by atoms with E-state index < -0.39 is 0 Å². The first-order chi connectivity index (χ1) is 7.69. The van der Waals surface area contributed by atoms with Gasteiger partial charge >= 0.3 is 0 Å². The van der Waals surface area contributed by atoms with Crippen LogP contribution in [0.1, 0.15) is 40.0 Å². The zero-order valence-corrected chi connectivity index (χ0v) is 11.3. The number of nitrogens with zero attached hydrogens (tertiary/aromatic N) is 1. The van der Waals surface area contributed by atoms with E-state index in [2.05, 4.69) is 31.0 Å². The summed E-state index contributed by atoms with van der Waals surface area (Å²) >= 11 is 0. The third kappa shape index (κ3) is 4.04. The fourth-order valence-corrected chi connectivity index (χ4v) is 2.50. The van der Waals surface area contributed by atoms with Crippen LogP contribution >= 0.6 is 0 Å². The summed E-state index contributed by atoms with van der Waals surface area (Å²) < 4.78 is 5.73. The molecule has 0 aromatic rings. The van der Waals surface area contributed by atoms with E-state index in [0.717, 1.165) is 19.7 Å². The van der Waals surface area contributed by atoms with Crippen molar-refractivity contribution in [3.8, 4) is 0 Å². The van der Waals surface area contributed by atoms with Gasteiger partial charge in [0.25, 0.3) is 0 Å². The van der Waals surface area contributed by atoms with Gasteiger partial charge in [0.1, 0.15) is 0 Å². The number of hydrogen-bond donors (Lipinski definition) is 1. The molecule has 1 rings (SSSR count). The molecule has 0 aliphatic carbocycles. The molecule has 1 fully saturated rings. The van der Waals surface area contributed by atoms with Gasteiger partial charge in [-0.3, -0.25) is 4.90 Å². The average molecular weight is 228 g/mol. The van der Waals surface area contributed by atoms with Crippen molar-refractivity contribution in [1.29, 1.82) is 0 Å². The minimum Gasteiger partial charge on any atom is -0.376 e. The van der Waals surface area contributed by atoms with Crippen molar-refractivity contribution in [1.82, 2.24) is 10.2 Å². The second-order valence-corrected chi connectivity index (χ2v) is 5.00. The second kappa shape index (κ2) is 7.25. The van der Waals surface area contributed by atoms with Crippen molar-refractivity contribution < 1.29 is 4.74 Å². The van der Waals surface area contributed by atoms with Crippen molar-refractivity contribution in [2.75, 3.05) is 26.7 Å². The van der Waals surface area contributed by atoms with Gasteiger partial charge in [-0.25, -0.2) is 0 Å². The smallest absolute Gasteiger partial charge is 0.0674 e. The summed E-state index contributed by atoms with van der Waals surface area (Å²) in [5.41, 5.74) is 0. The molecule has 3 atom stereocenters. The highest BCUT2D eigenvalue weighted by Crippen LogP contribution is 2.19. The van der Waals surface area contributed by atoms with Crippen LogP contribution in [-0.2, 0) is 4.74 Å². The quantitative estimate of drug-likeness (QED) is 0.703. The molecule has 0 spiro atoms. The van der Waals surface area contributed by atoms with Gasteiger partial charge in [0, 0.05) is 18.6 Å². The summed E-state index contributed by atoms with van der Waals surface area (Å²) in [6, 6.07) is 1.31. The molecule has 96 valence electrons. The Hall–Kier alpha value is -0.120. The van der Waals surface area contributed by atoms with E-state index in [1.54, 1.807) is 0 Å². The van der Waals surface area contributed by atoms with Gasteiger partial charge in [0.15, 0.2) is 0 Å². The van der Waals surface area contributed by atoms with E-state index in [4.69, 9.17) is 4.74 Å². The zero-order chi connectivity index (χ0) is 12.0. The van der Waals surface area contributed by atoms with Crippen molar-refractivity contribution in [2.45, 2.75) is 58.2 Å². The second-order valence-electron chi connectivity index (χ2n) is 5.00. The van der Waals surface area contributed by atoms with Crippen molar-refractivity contribution >= 4 is 0 Å². The molecule has 1 saturated heterocycles. The minimum absolute atomic E-state index is 0.398. The summed E-state index contributed by atoms with van der Waals surface area (Å²) in [6.07, 6.45) is 4.14. The van der Waals surface area contributed by atoms with Gasteiger partial charge in [-0.15, -0.1) is 0 Å². The predicted octanol–water partition coefficient (Wildman–Crippen LogP) is 1.87. The van der Waals surface area contributed by atoms with Crippen LogP contribution < -0.4 is 5.32 Å². The van der Waals surface area contributed by atoms with Gasteiger partial charge in [0.2, 0.25) is 0 Å². The first kappa shape index (κ1) is 13.9. The molecule has 1 heterocycles. The Morgan fingerprint density at radius 2 is 2.25 bits per heavy atom. The van der Waals surface area contributed by atoms with Crippen LogP contribution in [0.15, 0.2) is 0 Å². The van der Waals surface area contributed by atoms with E-state index in [-0.39, 0.29) is 0 Å². The normalized spacial score (nSPS) is 29.2. The highest BCUT2D eigenvalue weighted by atomic mass is 16.5. The molecule has 0 bridgehead atoms. The average Bonchev–Trinajstić information content (AvgIpc) is 2.29. The highest BCUT2D eigenvalue weighted by Gasteiger charge is 2.28. The maximum Gasteiger partial charge on any atom is 0.0674 e. The van der Waals surface area contributed by atoms with Gasteiger partial charge in [-0.05, 0) is 46.7 Å². The van der Waals surface area contributed by atoms with Crippen molar-refractivity contribution in [2.24, 2.45) is 0 Å². The Kier molecular flexibility index (Phi) is 6.32. The fraction of sp³-hybridized carbons (Fsp3) is 1.00. The van der Waals surface area contributed by atoms with Crippen molar-refractivity contribution in [3.05, 3.63) is 0 Å². The highest BCUT2D eigenvalue weighted by molar-refractivity contribution is 4.81. The van der Waals surface area contributed by atoms with E-state index in [1.807, 2.05) is 7.05 Å². The van der Waals surface area contributed by atoms with Crippen LogP contribution in [0.4, 0.5) is 0 Å². The number of hydrogen-bond acceptors (Lipinski definition) is 3. The van der Waals surface area contributed by atoms with Gasteiger partial charge in [0.05, 0.1) is 12.7 Å². The first-order valence-electron chi connectivity index (χ1n) is 6.71. The Balaban J connectivity index is 2.39. The molecule has 3 unspecified atom stereocenters. The standard InChI is InChI=1S/C13H28N2O/c1-5-13-10-16-12(3)9-15(13)11(2)7-6-8-14-4/h11-14H,5-10H2,1-4H3. The van der Waals surface area contributed by atoms with Crippen LogP contribution in [0.25, 0.3) is 0 Å². The zero-order valence-electron chi connectivity index (χ0n) is 11.3. The van der Waals surface area contributed by atoms with Gasteiger partial charge in [-0.2, -0.15) is 0 Å². The SMILES string of the molecule is CCC1COC(C)CN1C(C)CCCNC. The summed E-state index contributed by atoms with van der Waals surface area (Å²) in [6.45, 7) is 9.93. The lowest BCUT2D eigenvalue weighted by Gasteiger charge is -2.42. The van der Waals surface area contributed by atoms with E-state index in [9.17, 15) is 0 Å². The minimum atomic E-state index is 0.398. The molecular formula is C13H28N2O. The molecule has 3 nitrogen and oxygen atoms in total. The van der Waals surface area contributed by atoms with Gasteiger partial charge < -0.3 is 10.1 Å². The molecule has 1 aliphatic heterocycles. The molecule has 1 N–H and O–H groups in total. The molecule has 0 aromatic carbocycles. The predicted molar refractivity (Wildman–Crippen MR) is 68.8 cm³/mol. The Morgan fingerprint density at radius 3 is 2.88 bits per heavy atom. The third-order valence-electron chi connectivity index (χ3n) is 3.60. The lowest BCUT2D eigenvalue weighted by atomic mass is 10.0. The van der Waals surface area contributed by atoms with Crippen LogP contribution in [0.2, 0.25) is 0 Å². The summed E-state index contributed by atoms with van der Waals surface area (Å²) in [4.78, 5) is 2.64. The molecule has 0 amide bonds. The summed E-state index contributed by atoms with van der Waals surface area (Å²) in [5.74, 6) is 0. The Morgan fingerprint density at radius 1 is 1.50 bits per heavy atom. The van der Waals surface area contributed by atoms with Crippen LogP contribution in [-0.4, -0.2) is 49.8 Å². The number of nitrogens with one attached hydrogen (secondary N) is 1. The topological polar surface area (TPSA) is 24.5 Å². The summed E-state index contributed by atoms with van der Waals surface area (Å²) in [7, 11) is 2.02. The fourth-order valence-electron chi connectivity index (χ4n) is 2.50. The lowest BCUT2D eigenvalue weighted by molar-refractivity contribution is -0.0710. The van der Waals surface area contributed by atoms with E-state index in [1.165, 1.54) is 19.3 Å². The number of morpholine rings is 1. The molecular weight excluding hydrogens is 200 g/mol.